The van der Waals surface area contributed by atoms with Gasteiger partial charge in [0.05, 0.1) is 11.0 Å². The SMILES string of the molecule is Cc1nn(C(C)C)c(NC(C)c2ccsc2)c1[N+](=O)[O-]. The largest absolute Gasteiger partial charge is 0.358 e. The summed E-state index contributed by atoms with van der Waals surface area (Å²) in [4.78, 5) is 10.9. The normalized spacial score (nSPS) is 12.7. The Bertz CT molecular complexity index is 604. The van der Waals surface area contributed by atoms with Crippen LogP contribution in [0.4, 0.5) is 11.5 Å². The second kappa shape index (κ2) is 5.62. The van der Waals surface area contributed by atoms with Gasteiger partial charge in [0.25, 0.3) is 0 Å². The van der Waals surface area contributed by atoms with Crippen molar-refractivity contribution in [2.75, 3.05) is 5.32 Å². The number of hydrogen-bond acceptors (Lipinski definition) is 5. The predicted octanol–water partition coefficient (Wildman–Crippen LogP) is 3.92. The number of nitro groups is 1. The predicted molar refractivity (Wildman–Crippen MR) is 80.4 cm³/mol. The second-order valence-electron chi connectivity index (χ2n) is 5.00. The standard InChI is InChI=1S/C13H18N4O2S/c1-8(2)16-13(12(17(18)19)10(4)15-16)14-9(3)11-5-6-20-7-11/h5-9,14H,1-4H3. The lowest BCUT2D eigenvalue weighted by molar-refractivity contribution is -0.384. The van der Waals surface area contributed by atoms with Crippen LogP contribution in [0.3, 0.4) is 0 Å². The molecule has 20 heavy (non-hydrogen) atoms. The lowest BCUT2D eigenvalue weighted by Gasteiger charge is -2.16. The average Bonchev–Trinajstić information content (AvgIpc) is 2.96. The third-order valence-electron chi connectivity index (χ3n) is 3.12. The minimum Gasteiger partial charge on any atom is -0.358 e. The number of thiophene rings is 1. The van der Waals surface area contributed by atoms with Crippen molar-refractivity contribution in [2.24, 2.45) is 0 Å². The van der Waals surface area contributed by atoms with Gasteiger partial charge in [-0.15, -0.1) is 0 Å². The molecule has 0 saturated carbocycles. The highest BCUT2D eigenvalue weighted by molar-refractivity contribution is 7.07. The van der Waals surface area contributed by atoms with Gasteiger partial charge in [-0.25, -0.2) is 4.68 Å². The quantitative estimate of drug-likeness (QED) is 0.670. The van der Waals surface area contributed by atoms with E-state index in [1.807, 2.05) is 37.6 Å². The van der Waals surface area contributed by atoms with Gasteiger partial charge in [-0.05, 0) is 50.1 Å². The van der Waals surface area contributed by atoms with Crippen LogP contribution in [0.15, 0.2) is 16.8 Å². The van der Waals surface area contributed by atoms with E-state index in [-0.39, 0.29) is 22.7 Å². The molecule has 1 N–H and O–H groups in total. The average molecular weight is 294 g/mol. The number of aromatic nitrogens is 2. The molecule has 0 radical (unpaired) electrons. The van der Waals surface area contributed by atoms with Crippen LogP contribution in [-0.4, -0.2) is 14.7 Å². The zero-order chi connectivity index (χ0) is 14.9. The highest BCUT2D eigenvalue weighted by Crippen LogP contribution is 2.33. The molecular weight excluding hydrogens is 276 g/mol. The zero-order valence-corrected chi connectivity index (χ0v) is 12.8. The molecule has 2 rings (SSSR count). The van der Waals surface area contributed by atoms with Crippen molar-refractivity contribution in [1.29, 1.82) is 0 Å². The van der Waals surface area contributed by atoms with Crippen LogP contribution in [-0.2, 0) is 0 Å². The summed E-state index contributed by atoms with van der Waals surface area (Å²) in [5.41, 5.74) is 1.60. The van der Waals surface area contributed by atoms with Crippen LogP contribution in [0.25, 0.3) is 0 Å². The van der Waals surface area contributed by atoms with Gasteiger partial charge in [0.2, 0.25) is 5.82 Å². The molecule has 0 aromatic carbocycles. The fraction of sp³-hybridized carbons (Fsp3) is 0.462. The Morgan fingerprint density at radius 1 is 1.45 bits per heavy atom. The Balaban J connectivity index is 2.41. The van der Waals surface area contributed by atoms with Crippen molar-refractivity contribution in [3.05, 3.63) is 38.2 Å². The van der Waals surface area contributed by atoms with Crippen molar-refractivity contribution in [1.82, 2.24) is 9.78 Å². The van der Waals surface area contributed by atoms with Gasteiger partial charge in [0.15, 0.2) is 0 Å². The van der Waals surface area contributed by atoms with Crippen LogP contribution < -0.4 is 5.32 Å². The Kier molecular flexibility index (Phi) is 4.08. The summed E-state index contributed by atoms with van der Waals surface area (Å²) in [5.74, 6) is 0.473. The molecule has 0 bridgehead atoms. The summed E-state index contributed by atoms with van der Waals surface area (Å²) in [5, 5.41) is 22.8. The molecule has 2 heterocycles. The van der Waals surface area contributed by atoms with E-state index in [0.29, 0.717) is 11.5 Å². The van der Waals surface area contributed by atoms with Gasteiger partial charge in [-0.2, -0.15) is 16.4 Å². The molecule has 0 aliphatic carbocycles. The van der Waals surface area contributed by atoms with Crippen LogP contribution in [0, 0.1) is 17.0 Å². The number of nitrogens with zero attached hydrogens (tertiary/aromatic N) is 3. The molecule has 0 aliphatic heterocycles. The van der Waals surface area contributed by atoms with Gasteiger partial charge < -0.3 is 5.32 Å². The molecule has 108 valence electrons. The first-order valence-electron chi connectivity index (χ1n) is 6.44. The smallest absolute Gasteiger partial charge is 0.333 e. The Morgan fingerprint density at radius 3 is 2.65 bits per heavy atom. The third kappa shape index (κ3) is 2.67. The van der Waals surface area contributed by atoms with E-state index in [1.54, 1.807) is 22.9 Å². The molecule has 7 heteroatoms. The fourth-order valence-corrected chi connectivity index (χ4v) is 2.83. The Labute approximate surface area is 121 Å². The molecule has 2 aromatic heterocycles. The number of aryl methyl sites for hydroxylation is 1. The van der Waals surface area contributed by atoms with Gasteiger partial charge in [-0.1, -0.05) is 0 Å². The van der Waals surface area contributed by atoms with Crippen LogP contribution in [0.5, 0.6) is 0 Å². The number of hydrogen-bond donors (Lipinski definition) is 1. The van der Waals surface area contributed by atoms with E-state index in [9.17, 15) is 10.1 Å². The molecule has 2 aromatic rings. The summed E-state index contributed by atoms with van der Waals surface area (Å²) in [6.07, 6.45) is 0. The Hall–Kier alpha value is -1.89. The van der Waals surface area contributed by atoms with Gasteiger partial charge in [0, 0.05) is 6.04 Å². The molecule has 0 fully saturated rings. The monoisotopic (exact) mass is 294 g/mol. The van der Waals surface area contributed by atoms with E-state index >= 15 is 0 Å². The maximum absolute atomic E-state index is 11.3. The van der Waals surface area contributed by atoms with Crippen molar-refractivity contribution in [3.8, 4) is 0 Å². The zero-order valence-electron chi connectivity index (χ0n) is 12.0. The van der Waals surface area contributed by atoms with Crippen LogP contribution in [0.2, 0.25) is 0 Å². The van der Waals surface area contributed by atoms with Gasteiger partial charge >= 0.3 is 5.69 Å². The molecule has 1 unspecified atom stereocenters. The molecule has 1 atom stereocenters. The summed E-state index contributed by atoms with van der Waals surface area (Å²) < 4.78 is 1.68. The van der Waals surface area contributed by atoms with Crippen LogP contribution >= 0.6 is 11.3 Å². The summed E-state index contributed by atoms with van der Waals surface area (Å²) >= 11 is 1.61. The molecule has 0 saturated heterocycles. The van der Waals surface area contributed by atoms with E-state index in [1.165, 1.54) is 0 Å². The molecule has 0 aliphatic rings. The first-order chi connectivity index (χ1) is 9.41. The highest BCUT2D eigenvalue weighted by atomic mass is 32.1. The van der Waals surface area contributed by atoms with Gasteiger partial charge in [-0.3, -0.25) is 10.1 Å². The summed E-state index contributed by atoms with van der Waals surface area (Å²) in [7, 11) is 0. The van der Waals surface area contributed by atoms with E-state index in [2.05, 4.69) is 10.4 Å². The molecular formula is C13H18N4O2S. The van der Waals surface area contributed by atoms with Crippen LogP contribution in [0.1, 0.15) is 44.1 Å². The minimum absolute atomic E-state index is 0.00597. The third-order valence-corrected chi connectivity index (χ3v) is 3.82. The topological polar surface area (TPSA) is 73.0 Å². The summed E-state index contributed by atoms with van der Waals surface area (Å²) in [6, 6.07) is 2.06. The lowest BCUT2D eigenvalue weighted by Crippen LogP contribution is -2.13. The van der Waals surface area contributed by atoms with E-state index in [4.69, 9.17) is 0 Å². The van der Waals surface area contributed by atoms with E-state index in [0.717, 1.165) is 5.56 Å². The fourth-order valence-electron chi connectivity index (χ4n) is 2.08. The van der Waals surface area contributed by atoms with E-state index < -0.39 is 0 Å². The second-order valence-corrected chi connectivity index (χ2v) is 5.78. The number of anilines is 1. The molecule has 6 nitrogen and oxygen atoms in total. The summed E-state index contributed by atoms with van der Waals surface area (Å²) in [6.45, 7) is 7.56. The van der Waals surface area contributed by atoms with Crippen molar-refractivity contribution >= 4 is 22.8 Å². The number of rotatable bonds is 5. The van der Waals surface area contributed by atoms with Crippen molar-refractivity contribution < 1.29 is 4.92 Å². The molecule has 0 amide bonds. The maximum atomic E-state index is 11.3. The Morgan fingerprint density at radius 2 is 2.15 bits per heavy atom. The number of nitrogens with one attached hydrogen (secondary N) is 1. The maximum Gasteiger partial charge on any atom is 0.333 e. The van der Waals surface area contributed by atoms with Gasteiger partial charge in [0.1, 0.15) is 5.69 Å². The first-order valence-corrected chi connectivity index (χ1v) is 7.38. The molecule has 0 spiro atoms. The van der Waals surface area contributed by atoms with Crippen molar-refractivity contribution in [2.45, 2.75) is 39.8 Å². The lowest BCUT2D eigenvalue weighted by atomic mass is 10.2. The highest BCUT2D eigenvalue weighted by Gasteiger charge is 2.27. The van der Waals surface area contributed by atoms with Crippen molar-refractivity contribution in [3.63, 3.8) is 0 Å². The minimum atomic E-state index is -0.371. The first kappa shape index (κ1) is 14.5.